The van der Waals surface area contributed by atoms with E-state index in [1.807, 2.05) is 35.2 Å². The van der Waals surface area contributed by atoms with Gasteiger partial charge in [-0.3, -0.25) is 4.79 Å². The molecule has 1 aliphatic heterocycles. The molecule has 1 aliphatic rings. The summed E-state index contributed by atoms with van der Waals surface area (Å²) < 4.78 is 10.6. The monoisotopic (exact) mass is 448 g/mol. The zero-order valence-electron chi connectivity index (χ0n) is 18.2. The van der Waals surface area contributed by atoms with Crippen LogP contribution in [-0.4, -0.2) is 45.4 Å². The van der Waals surface area contributed by atoms with Crippen LogP contribution in [0.3, 0.4) is 0 Å². The van der Waals surface area contributed by atoms with Gasteiger partial charge in [-0.15, -0.1) is 0 Å². The molecule has 1 aromatic heterocycles. The number of nitrogens with two attached hydrogens (primary N) is 1. The zero-order valence-corrected chi connectivity index (χ0v) is 18.2. The van der Waals surface area contributed by atoms with E-state index in [2.05, 4.69) is 20.3 Å². The van der Waals surface area contributed by atoms with E-state index in [1.54, 1.807) is 25.3 Å². The van der Waals surface area contributed by atoms with Crippen molar-refractivity contribution >= 4 is 29.5 Å². The molecule has 1 amide bonds. The van der Waals surface area contributed by atoms with Gasteiger partial charge in [-0.05, 0) is 36.2 Å². The van der Waals surface area contributed by atoms with Crippen LogP contribution >= 0.6 is 0 Å². The standard InChI is InChI=1S/C23H24N6O4/c1-32-18-6-3-2-5-17(18)25-23-27-19(26-22(24)28-23)14-33-21(31)16-10-8-15(9-11-16)13-29-12-4-7-20(29)30/h2-3,5-6,8-11H,4,7,12-14H2,1H3,(H3,24,25,26,27,28). The Morgan fingerprint density at radius 1 is 1.12 bits per heavy atom. The first kappa shape index (κ1) is 22.0. The first-order chi connectivity index (χ1) is 16.0. The van der Waals surface area contributed by atoms with Gasteiger partial charge in [-0.1, -0.05) is 24.3 Å². The number of esters is 1. The summed E-state index contributed by atoms with van der Waals surface area (Å²) in [5, 5.41) is 3.03. The molecule has 1 saturated heterocycles. The first-order valence-electron chi connectivity index (χ1n) is 10.5. The number of ether oxygens (including phenoxy) is 2. The number of aromatic nitrogens is 3. The highest BCUT2D eigenvalue weighted by Gasteiger charge is 2.20. The van der Waals surface area contributed by atoms with Gasteiger partial charge < -0.3 is 25.4 Å². The molecule has 2 aromatic carbocycles. The van der Waals surface area contributed by atoms with Crippen LogP contribution in [0.4, 0.5) is 17.6 Å². The fourth-order valence-corrected chi connectivity index (χ4v) is 3.48. The molecule has 3 aromatic rings. The summed E-state index contributed by atoms with van der Waals surface area (Å²) in [6.45, 7) is 1.14. The summed E-state index contributed by atoms with van der Waals surface area (Å²) in [6.07, 6.45) is 1.49. The molecule has 4 rings (SSSR count). The summed E-state index contributed by atoms with van der Waals surface area (Å²) in [6, 6.07) is 14.3. The number of hydrogen-bond donors (Lipinski definition) is 2. The van der Waals surface area contributed by atoms with E-state index in [1.165, 1.54) is 0 Å². The topological polar surface area (TPSA) is 133 Å². The van der Waals surface area contributed by atoms with Crippen molar-refractivity contribution in [2.75, 3.05) is 24.7 Å². The molecular formula is C23H24N6O4. The normalized spacial score (nSPS) is 13.1. The summed E-state index contributed by atoms with van der Waals surface area (Å²) in [5.74, 6) is 0.666. The van der Waals surface area contributed by atoms with E-state index in [9.17, 15) is 9.59 Å². The van der Waals surface area contributed by atoms with Crippen molar-refractivity contribution in [1.29, 1.82) is 0 Å². The van der Waals surface area contributed by atoms with Crippen LogP contribution in [0.1, 0.15) is 34.6 Å². The number of likely N-dealkylation sites (tertiary alicyclic amines) is 1. The third kappa shape index (κ3) is 5.53. The molecule has 0 atom stereocenters. The predicted octanol–water partition coefficient (Wildman–Crippen LogP) is 2.69. The van der Waals surface area contributed by atoms with Crippen LogP contribution < -0.4 is 15.8 Å². The van der Waals surface area contributed by atoms with Crippen LogP contribution in [-0.2, 0) is 22.7 Å². The van der Waals surface area contributed by atoms with Crippen molar-refractivity contribution in [2.45, 2.75) is 26.0 Å². The summed E-state index contributed by atoms with van der Waals surface area (Å²) in [5.41, 5.74) is 7.80. The molecule has 1 fully saturated rings. The number of rotatable bonds is 8. The van der Waals surface area contributed by atoms with Gasteiger partial charge >= 0.3 is 5.97 Å². The molecule has 10 nitrogen and oxygen atoms in total. The van der Waals surface area contributed by atoms with Gasteiger partial charge in [0.15, 0.2) is 12.4 Å². The third-order valence-corrected chi connectivity index (χ3v) is 5.12. The lowest BCUT2D eigenvalue weighted by Crippen LogP contribution is -2.23. The van der Waals surface area contributed by atoms with E-state index in [4.69, 9.17) is 15.2 Å². The van der Waals surface area contributed by atoms with Gasteiger partial charge in [0.25, 0.3) is 0 Å². The largest absolute Gasteiger partial charge is 0.495 e. The van der Waals surface area contributed by atoms with Crippen molar-refractivity contribution in [3.05, 3.63) is 65.5 Å². The van der Waals surface area contributed by atoms with Crippen LogP contribution in [0.2, 0.25) is 0 Å². The Balaban J connectivity index is 1.37. The molecule has 0 spiro atoms. The van der Waals surface area contributed by atoms with E-state index in [0.717, 1.165) is 18.5 Å². The number of nitrogens with zero attached hydrogens (tertiary/aromatic N) is 4. The van der Waals surface area contributed by atoms with Crippen molar-refractivity contribution in [3.8, 4) is 5.75 Å². The highest BCUT2D eigenvalue weighted by atomic mass is 16.5. The van der Waals surface area contributed by atoms with Gasteiger partial charge in [0.1, 0.15) is 5.75 Å². The second-order valence-corrected chi connectivity index (χ2v) is 7.45. The molecule has 0 unspecified atom stereocenters. The Morgan fingerprint density at radius 3 is 2.64 bits per heavy atom. The number of para-hydroxylation sites is 2. The number of carbonyl (C=O) groups excluding carboxylic acids is 2. The Hall–Kier alpha value is -4.21. The fraction of sp³-hybridized carbons (Fsp3) is 0.261. The lowest BCUT2D eigenvalue weighted by atomic mass is 10.1. The number of methoxy groups -OCH3 is 1. The fourth-order valence-electron chi connectivity index (χ4n) is 3.48. The quantitative estimate of drug-likeness (QED) is 0.499. The average molecular weight is 448 g/mol. The van der Waals surface area contributed by atoms with Crippen LogP contribution in [0.5, 0.6) is 5.75 Å². The Morgan fingerprint density at radius 2 is 1.91 bits per heavy atom. The number of amides is 1. The maximum Gasteiger partial charge on any atom is 0.338 e. The molecule has 0 saturated carbocycles. The number of nitrogens with one attached hydrogen (secondary N) is 1. The molecule has 0 radical (unpaired) electrons. The van der Waals surface area contributed by atoms with Crippen molar-refractivity contribution in [3.63, 3.8) is 0 Å². The summed E-state index contributed by atoms with van der Waals surface area (Å²) in [4.78, 5) is 38.4. The molecule has 170 valence electrons. The van der Waals surface area contributed by atoms with Crippen molar-refractivity contribution in [2.24, 2.45) is 0 Å². The molecule has 10 heteroatoms. The van der Waals surface area contributed by atoms with Gasteiger partial charge in [-0.2, -0.15) is 15.0 Å². The predicted molar refractivity (Wildman–Crippen MR) is 121 cm³/mol. The number of carbonyl (C=O) groups is 2. The van der Waals surface area contributed by atoms with Gasteiger partial charge in [0.05, 0.1) is 18.4 Å². The van der Waals surface area contributed by atoms with Gasteiger partial charge in [-0.25, -0.2) is 4.79 Å². The van der Waals surface area contributed by atoms with Crippen molar-refractivity contribution in [1.82, 2.24) is 19.9 Å². The third-order valence-electron chi connectivity index (χ3n) is 5.12. The number of benzene rings is 2. The number of hydrogen-bond acceptors (Lipinski definition) is 9. The smallest absolute Gasteiger partial charge is 0.338 e. The SMILES string of the molecule is COc1ccccc1Nc1nc(N)nc(COC(=O)c2ccc(CN3CCCC3=O)cc2)n1. The minimum absolute atomic E-state index is 0.00532. The highest BCUT2D eigenvalue weighted by Crippen LogP contribution is 2.25. The van der Waals surface area contributed by atoms with E-state index < -0.39 is 5.97 Å². The maximum atomic E-state index is 12.4. The van der Waals surface area contributed by atoms with Gasteiger partial charge in [0, 0.05) is 19.5 Å². The molecule has 0 aliphatic carbocycles. The second kappa shape index (κ2) is 9.94. The number of anilines is 3. The maximum absolute atomic E-state index is 12.4. The summed E-state index contributed by atoms with van der Waals surface area (Å²) in [7, 11) is 1.56. The molecule has 2 heterocycles. The van der Waals surface area contributed by atoms with E-state index in [-0.39, 0.29) is 30.2 Å². The summed E-state index contributed by atoms with van der Waals surface area (Å²) >= 11 is 0. The molecule has 3 N–H and O–H groups in total. The molecular weight excluding hydrogens is 424 g/mol. The number of nitrogen functional groups attached to an aromatic ring is 1. The van der Waals surface area contributed by atoms with Gasteiger partial charge in [0.2, 0.25) is 17.8 Å². The van der Waals surface area contributed by atoms with Crippen LogP contribution in [0.25, 0.3) is 0 Å². The highest BCUT2D eigenvalue weighted by molar-refractivity contribution is 5.89. The van der Waals surface area contributed by atoms with E-state index >= 15 is 0 Å². The zero-order chi connectivity index (χ0) is 23.2. The second-order valence-electron chi connectivity index (χ2n) is 7.45. The van der Waals surface area contributed by atoms with Crippen molar-refractivity contribution < 1.29 is 19.1 Å². The Labute approximate surface area is 190 Å². The minimum Gasteiger partial charge on any atom is -0.495 e. The lowest BCUT2D eigenvalue weighted by Gasteiger charge is -2.15. The van der Waals surface area contributed by atoms with Crippen LogP contribution in [0, 0.1) is 0 Å². The lowest BCUT2D eigenvalue weighted by molar-refractivity contribution is -0.128. The molecule has 33 heavy (non-hydrogen) atoms. The Kier molecular flexibility index (Phi) is 6.63. The van der Waals surface area contributed by atoms with Crippen LogP contribution in [0.15, 0.2) is 48.5 Å². The average Bonchev–Trinajstić information content (AvgIpc) is 3.22. The first-order valence-corrected chi connectivity index (χ1v) is 10.5. The Bertz CT molecular complexity index is 1150. The minimum atomic E-state index is -0.517. The molecule has 0 bridgehead atoms. The van der Waals surface area contributed by atoms with E-state index in [0.29, 0.717) is 30.0 Å².